The second-order valence-corrected chi connectivity index (χ2v) is 9.00. The number of nitrogens with zero attached hydrogens (tertiary/aromatic N) is 3. The summed E-state index contributed by atoms with van der Waals surface area (Å²) >= 11 is 7.64. The average Bonchev–Trinajstić information content (AvgIpc) is 3.35. The van der Waals surface area contributed by atoms with Gasteiger partial charge in [-0.1, -0.05) is 42.4 Å². The summed E-state index contributed by atoms with van der Waals surface area (Å²) in [6.07, 6.45) is -1.91. The maximum absolute atomic E-state index is 13.8. The van der Waals surface area contributed by atoms with E-state index in [1.807, 2.05) is 6.07 Å². The SMILES string of the molecule is C=CC(=O)N1Cc2sc(Cl)cc2C(c2ccccc2-c2cn(CC)nc2C(F)(F)F)C1. The molecule has 0 N–H and O–H groups in total. The van der Waals surface area contributed by atoms with Crippen molar-refractivity contribution >= 4 is 28.8 Å². The van der Waals surface area contributed by atoms with Crippen LogP contribution in [0.2, 0.25) is 4.34 Å². The standard InChI is InChI=1S/C22H19ClF3N3OS/c1-3-20(30)28-10-16(15-9-19(23)31-18(15)12-28)13-7-5-6-8-14(13)17-11-29(4-2)27-21(17)22(24,25)26/h3,5-9,11,16H,1,4,10,12H2,2H3. The lowest BCUT2D eigenvalue weighted by atomic mass is 9.84. The molecule has 2 aromatic heterocycles. The summed E-state index contributed by atoms with van der Waals surface area (Å²) in [5.74, 6) is -0.550. The van der Waals surface area contributed by atoms with Gasteiger partial charge in [0.2, 0.25) is 5.91 Å². The molecule has 0 radical (unpaired) electrons. The van der Waals surface area contributed by atoms with Gasteiger partial charge in [-0.25, -0.2) is 0 Å². The molecule has 0 spiro atoms. The van der Waals surface area contributed by atoms with Gasteiger partial charge in [-0.05, 0) is 35.8 Å². The molecule has 0 fully saturated rings. The number of aryl methyl sites for hydroxylation is 1. The Morgan fingerprint density at radius 1 is 1.32 bits per heavy atom. The molecule has 3 heterocycles. The van der Waals surface area contributed by atoms with E-state index < -0.39 is 11.9 Å². The summed E-state index contributed by atoms with van der Waals surface area (Å²) in [5, 5.41) is 3.76. The van der Waals surface area contributed by atoms with E-state index in [1.54, 1.807) is 36.1 Å². The Balaban J connectivity index is 1.89. The molecule has 0 saturated heterocycles. The van der Waals surface area contributed by atoms with Crippen molar-refractivity contribution in [3.05, 3.63) is 75.2 Å². The van der Waals surface area contributed by atoms with Crippen LogP contribution in [-0.2, 0) is 24.1 Å². The summed E-state index contributed by atoms with van der Waals surface area (Å²) in [6, 6.07) is 8.82. The lowest BCUT2D eigenvalue weighted by Gasteiger charge is -2.33. The van der Waals surface area contributed by atoms with Crippen LogP contribution in [0, 0.1) is 0 Å². The minimum Gasteiger partial charge on any atom is -0.333 e. The zero-order chi connectivity index (χ0) is 22.3. The molecule has 1 atom stereocenters. The summed E-state index contributed by atoms with van der Waals surface area (Å²) in [4.78, 5) is 14.9. The molecule has 4 rings (SSSR count). The van der Waals surface area contributed by atoms with E-state index in [2.05, 4.69) is 11.7 Å². The third-order valence-electron chi connectivity index (χ3n) is 5.39. The second kappa shape index (κ2) is 8.16. The van der Waals surface area contributed by atoms with E-state index in [4.69, 9.17) is 11.6 Å². The smallest absolute Gasteiger partial charge is 0.333 e. The van der Waals surface area contributed by atoms with Crippen LogP contribution in [0.15, 0.2) is 49.2 Å². The highest BCUT2D eigenvalue weighted by molar-refractivity contribution is 7.16. The third-order valence-corrected chi connectivity index (χ3v) is 6.66. The fourth-order valence-corrected chi connectivity index (χ4v) is 5.34. The second-order valence-electron chi connectivity index (χ2n) is 7.24. The van der Waals surface area contributed by atoms with Gasteiger partial charge < -0.3 is 4.90 Å². The minimum absolute atomic E-state index is 0.0278. The van der Waals surface area contributed by atoms with E-state index in [0.29, 0.717) is 35.1 Å². The predicted molar refractivity (Wildman–Crippen MR) is 115 cm³/mol. The van der Waals surface area contributed by atoms with Crippen molar-refractivity contribution in [2.75, 3.05) is 6.54 Å². The summed E-state index contributed by atoms with van der Waals surface area (Å²) in [5.41, 5.74) is 1.19. The number of carbonyl (C=O) groups excluding carboxylic acids is 1. The monoisotopic (exact) mass is 465 g/mol. The molecular formula is C22H19ClF3N3OS. The zero-order valence-electron chi connectivity index (χ0n) is 16.6. The van der Waals surface area contributed by atoms with Crippen LogP contribution in [0.5, 0.6) is 0 Å². The topological polar surface area (TPSA) is 38.1 Å². The predicted octanol–water partition coefficient (Wildman–Crippen LogP) is 5.96. The van der Waals surface area contributed by atoms with E-state index in [0.717, 1.165) is 10.4 Å². The fraction of sp³-hybridized carbons (Fsp3) is 0.273. The molecule has 0 bridgehead atoms. The number of fused-ring (bicyclic) bond motifs is 1. The number of alkyl halides is 3. The van der Waals surface area contributed by atoms with Gasteiger partial charge in [0, 0.05) is 35.6 Å². The van der Waals surface area contributed by atoms with E-state index >= 15 is 0 Å². The maximum Gasteiger partial charge on any atom is 0.435 e. The molecule has 4 nitrogen and oxygen atoms in total. The Bertz CT molecular complexity index is 1150. The van der Waals surface area contributed by atoms with Gasteiger partial charge in [-0.3, -0.25) is 9.48 Å². The van der Waals surface area contributed by atoms with Crippen molar-refractivity contribution in [1.29, 1.82) is 0 Å². The van der Waals surface area contributed by atoms with Crippen LogP contribution in [0.4, 0.5) is 13.2 Å². The number of carbonyl (C=O) groups is 1. The van der Waals surface area contributed by atoms with Crippen molar-refractivity contribution in [3.63, 3.8) is 0 Å². The quantitative estimate of drug-likeness (QED) is 0.445. The van der Waals surface area contributed by atoms with Gasteiger partial charge in [-0.15, -0.1) is 11.3 Å². The van der Waals surface area contributed by atoms with Gasteiger partial charge in [0.1, 0.15) is 0 Å². The molecule has 1 amide bonds. The molecule has 31 heavy (non-hydrogen) atoms. The van der Waals surface area contributed by atoms with Gasteiger partial charge >= 0.3 is 6.18 Å². The van der Waals surface area contributed by atoms with Gasteiger partial charge in [0.15, 0.2) is 5.69 Å². The summed E-state index contributed by atoms with van der Waals surface area (Å²) in [7, 11) is 0. The minimum atomic E-state index is -4.59. The van der Waals surface area contributed by atoms with Gasteiger partial charge in [0.25, 0.3) is 0 Å². The van der Waals surface area contributed by atoms with E-state index in [-0.39, 0.29) is 17.4 Å². The number of hydrogen-bond donors (Lipinski definition) is 0. The van der Waals surface area contributed by atoms with Gasteiger partial charge in [-0.2, -0.15) is 18.3 Å². The first-order valence-corrected chi connectivity index (χ1v) is 10.9. The van der Waals surface area contributed by atoms with Crippen LogP contribution >= 0.6 is 22.9 Å². The van der Waals surface area contributed by atoms with Crippen LogP contribution < -0.4 is 0 Å². The van der Waals surface area contributed by atoms with Crippen molar-refractivity contribution in [3.8, 4) is 11.1 Å². The largest absolute Gasteiger partial charge is 0.435 e. The Hall–Kier alpha value is -2.58. The Morgan fingerprint density at radius 3 is 2.74 bits per heavy atom. The fourth-order valence-electron chi connectivity index (χ4n) is 3.98. The lowest BCUT2D eigenvalue weighted by Crippen LogP contribution is -2.37. The lowest BCUT2D eigenvalue weighted by molar-refractivity contribution is -0.141. The maximum atomic E-state index is 13.8. The molecule has 1 aromatic carbocycles. The molecule has 9 heteroatoms. The average molecular weight is 466 g/mol. The van der Waals surface area contributed by atoms with E-state index in [9.17, 15) is 18.0 Å². The third kappa shape index (κ3) is 4.02. The van der Waals surface area contributed by atoms with Crippen LogP contribution in [0.1, 0.15) is 34.5 Å². The highest BCUT2D eigenvalue weighted by Gasteiger charge is 2.39. The molecule has 0 saturated carbocycles. The first-order chi connectivity index (χ1) is 14.7. The Morgan fingerprint density at radius 2 is 2.06 bits per heavy atom. The number of aromatic nitrogens is 2. The van der Waals surface area contributed by atoms with Crippen molar-refractivity contribution in [2.45, 2.75) is 32.1 Å². The zero-order valence-corrected chi connectivity index (χ0v) is 18.2. The highest BCUT2D eigenvalue weighted by atomic mass is 35.5. The molecule has 162 valence electrons. The molecule has 0 aliphatic carbocycles. The van der Waals surface area contributed by atoms with Gasteiger partial charge in [0.05, 0.1) is 10.9 Å². The Labute approximate surface area is 186 Å². The van der Waals surface area contributed by atoms with Crippen LogP contribution in [-0.4, -0.2) is 27.1 Å². The number of amides is 1. The first kappa shape index (κ1) is 21.6. The number of halogens is 4. The molecule has 1 aliphatic rings. The highest BCUT2D eigenvalue weighted by Crippen LogP contribution is 2.44. The van der Waals surface area contributed by atoms with Crippen molar-refractivity contribution < 1.29 is 18.0 Å². The molecule has 3 aromatic rings. The normalized spacial score (nSPS) is 16.3. The Kier molecular flexibility index (Phi) is 5.70. The molecule has 1 aliphatic heterocycles. The number of thiophene rings is 1. The number of hydrogen-bond acceptors (Lipinski definition) is 3. The number of rotatable bonds is 4. The van der Waals surface area contributed by atoms with Crippen LogP contribution in [0.25, 0.3) is 11.1 Å². The van der Waals surface area contributed by atoms with Crippen molar-refractivity contribution in [2.24, 2.45) is 0 Å². The first-order valence-electron chi connectivity index (χ1n) is 9.66. The number of benzene rings is 1. The summed E-state index contributed by atoms with van der Waals surface area (Å²) < 4.78 is 43.1. The summed E-state index contributed by atoms with van der Waals surface area (Å²) in [6.45, 7) is 6.34. The molecular weight excluding hydrogens is 447 g/mol. The van der Waals surface area contributed by atoms with E-state index in [1.165, 1.54) is 28.3 Å². The molecule has 1 unspecified atom stereocenters. The van der Waals surface area contributed by atoms with Crippen molar-refractivity contribution in [1.82, 2.24) is 14.7 Å². The van der Waals surface area contributed by atoms with Crippen LogP contribution in [0.3, 0.4) is 0 Å².